The number of rotatable bonds is 1. The van der Waals surface area contributed by atoms with E-state index in [2.05, 4.69) is 0 Å². The van der Waals surface area contributed by atoms with Crippen LogP contribution in [0.3, 0.4) is 0 Å². The Balaban J connectivity index is 0.000001000. The molecule has 0 aliphatic rings. The summed E-state index contributed by atoms with van der Waals surface area (Å²) in [6.45, 7) is 0. The Morgan fingerprint density at radius 2 is 1.73 bits per heavy atom. The quantitative estimate of drug-likeness (QED) is 0.439. The summed E-state index contributed by atoms with van der Waals surface area (Å²) in [6, 6.07) is 5.16. The van der Waals surface area contributed by atoms with Gasteiger partial charge in [-0.1, -0.05) is 0 Å². The molecule has 0 spiro atoms. The number of carbonyl (C=O) groups is 1. The topological polar surface area (TPSA) is 60.4 Å². The Bertz CT molecular complexity index is 242. The molecule has 0 saturated heterocycles. The Morgan fingerprint density at radius 1 is 1.27 bits per heavy atom. The van der Waals surface area contributed by atoms with Crippen LogP contribution >= 0.6 is 0 Å². The van der Waals surface area contributed by atoms with Gasteiger partial charge in [0.2, 0.25) is 0 Å². The standard InChI is InChI=1S/C7H6O3.Na/c8-6-3-1-5(2-4-6)7(9)10;/h1-4,8H,(H,9,10);/q;+1/p-1. The van der Waals surface area contributed by atoms with E-state index in [0.29, 0.717) is 0 Å². The molecule has 3 nitrogen and oxygen atoms in total. The summed E-state index contributed by atoms with van der Waals surface area (Å²) in [4.78, 5) is 10.1. The number of hydrogen-bond donors (Lipinski definition) is 1. The first-order valence-electron chi connectivity index (χ1n) is 2.70. The van der Waals surface area contributed by atoms with Gasteiger partial charge in [-0.3, -0.25) is 0 Å². The molecule has 4 heteroatoms. The predicted octanol–water partition coefficient (Wildman–Crippen LogP) is -3.24. The average molecular weight is 160 g/mol. The molecule has 0 aliphatic heterocycles. The third kappa shape index (κ3) is 2.93. The first-order valence-corrected chi connectivity index (χ1v) is 2.70. The van der Waals surface area contributed by atoms with Gasteiger partial charge in [-0.2, -0.15) is 0 Å². The Morgan fingerprint density at radius 3 is 2.09 bits per heavy atom. The number of carbonyl (C=O) groups excluding carboxylic acids is 1. The fourth-order valence-corrected chi connectivity index (χ4v) is 0.598. The van der Waals surface area contributed by atoms with Crippen molar-refractivity contribution in [1.82, 2.24) is 0 Å². The molecule has 1 N–H and O–H groups in total. The first kappa shape index (κ1) is 10.5. The average Bonchev–Trinajstić information content (AvgIpc) is 1.88. The maximum atomic E-state index is 10.1. The minimum absolute atomic E-state index is 0. The first-order chi connectivity index (χ1) is 4.70. The maximum absolute atomic E-state index is 10.1. The van der Waals surface area contributed by atoms with Crippen LogP contribution in [0, 0.1) is 0 Å². The van der Waals surface area contributed by atoms with Gasteiger partial charge in [0.15, 0.2) is 0 Å². The number of carboxylic acids is 1. The number of carboxylic acid groups (broad SMARTS) is 1. The number of phenols is 1. The second-order valence-electron chi connectivity index (χ2n) is 1.83. The SMILES string of the molecule is O=C([O-])c1ccc(O)cc1.[Na+]. The molecule has 1 aromatic carbocycles. The van der Waals surface area contributed by atoms with E-state index in [9.17, 15) is 9.90 Å². The molecule has 1 aromatic rings. The number of aromatic carboxylic acids is 1. The van der Waals surface area contributed by atoms with Gasteiger partial charge in [0.25, 0.3) is 0 Å². The molecule has 0 unspecified atom stereocenters. The van der Waals surface area contributed by atoms with Gasteiger partial charge in [-0.25, -0.2) is 0 Å². The number of hydrogen-bond acceptors (Lipinski definition) is 3. The van der Waals surface area contributed by atoms with E-state index in [1.165, 1.54) is 24.3 Å². The zero-order valence-corrected chi connectivity index (χ0v) is 8.07. The summed E-state index contributed by atoms with van der Waals surface area (Å²) in [5.74, 6) is -1.19. The zero-order chi connectivity index (χ0) is 7.56. The minimum Gasteiger partial charge on any atom is -0.545 e. The van der Waals surface area contributed by atoms with E-state index in [1.807, 2.05) is 0 Å². The van der Waals surface area contributed by atoms with E-state index in [4.69, 9.17) is 5.11 Å². The largest absolute Gasteiger partial charge is 1.00 e. The van der Waals surface area contributed by atoms with E-state index >= 15 is 0 Å². The molecule has 11 heavy (non-hydrogen) atoms. The maximum Gasteiger partial charge on any atom is 1.00 e. The van der Waals surface area contributed by atoms with Crippen LogP contribution in [-0.4, -0.2) is 11.1 Å². The van der Waals surface area contributed by atoms with Crippen LogP contribution in [-0.2, 0) is 0 Å². The molecule has 0 amide bonds. The van der Waals surface area contributed by atoms with Crippen LogP contribution in [0.4, 0.5) is 0 Å². The second-order valence-corrected chi connectivity index (χ2v) is 1.83. The Labute approximate surface area is 86.0 Å². The monoisotopic (exact) mass is 160 g/mol. The van der Waals surface area contributed by atoms with E-state index in [0.717, 1.165) is 0 Å². The van der Waals surface area contributed by atoms with Crippen molar-refractivity contribution in [2.45, 2.75) is 0 Å². The Hall–Kier alpha value is -0.510. The summed E-state index contributed by atoms with van der Waals surface area (Å²) < 4.78 is 0. The molecular weight excluding hydrogens is 155 g/mol. The van der Waals surface area contributed by atoms with Gasteiger partial charge in [-0.05, 0) is 29.8 Å². The molecule has 0 atom stereocenters. The van der Waals surface area contributed by atoms with Crippen LogP contribution < -0.4 is 34.7 Å². The van der Waals surface area contributed by atoms with Crippen molar-refractivity contribution in [2.24, 2.45) is 0 Å². The van der Waals surface area contributed by atoms with Crippen LogP contribution in [0.5, 0.6) is 5.75 Å². The van der Waals surface area contributed by atoms with Gasteiger partial charge in [0, 0.05) is 0 Å². The summed E-state index contributed by atoms with van der Waals surface area (Å²) in [5, 5.41) is 18.8. The van der Waals surface area contributed by atoms with Gasteiger partial charge >= 0.3 is 29.6 Å². The van der Waals surface area contributed by atoms with Crippen molar-refractivity contribution in [2.75, 3.05) is 0 Å². The third-order valence-corrected chi connectivity index (χ3v) is 1.10. The van der Waals surface area contributed by atoms with Crippen molar-refractivity contribution in [1.29, 1.82) is 0 Å². The molecule has 0 radical (unpaired) electrons. The second kappa shape index (κ2) is 4.38. The molecule has 0 fully saturated rings. The van der Waals surface area contributed by atoms with Gasteiger partial charge in [0.05, 0.1) is 5.97 Å². The molecule has 0 aliphatic carbocycles. The number of benzene rings is 1. The summed E-state index contributed by atoms with van der Waals surface area (Å²) in [5.41, 5.74) is 0.0674. The minimum atomic E-state index is -1.24. The summed E-state index contributed by atoms with van der Waals surface area (Å²) in [7, 11) is 0. The number of aromatic hydroxyl groups is 1. The van der Waals surface area contributed by atoms with Gasteiger partial charge < -0.3 is 15.0 Å². The molecule has 0 aromatic heterocycles. The molecule has 0 bridgehead atoms. The van der Waals surface area contributed by atoms with Gasteiger partial charge in [-0.15, -0.1) is 0 Å². The van der Waals surface area contributed by atoms with Crippen molar-refractivity contribution in [3.8, 4) is 5.75 Å². The summed E-state index contributed by atoms with van der Waals surface area (Å²) >= 11 is 0. The van der Waals surface area contributed by atoms with E-state index in [1.54, 1.807) is 0 Å². The normalized spacial score (nSPS) is 8.36. The van der Waals surface area contributed by atoms with E-state index < -0.39 is 5.97 Å². The molecule has 0 heterocycles. The van der Waals surface area contributed by atoms with Gasteiger partial charge in [0.1, 0.15) is 5.75 Å². The van der Waals surface area contributed by atoms with Crippen LogP contribution in [0.15, 0.2) is 24.3 Å². The molecule has 52 valence electrons. The smallest absolute Gasteiger partial charge is 0.545 e. The molecule has 0 saturated carbocycles. The predicted molar refractivity (Wildman–Crippen MR) is 32.4 cm³/mol. The van der Waals surface area contributed by atoms with Crippen LogP contribution in [0.2, 0.25) is 0 Å². The van der Waals surface area contributed by atoms with Crippen molar-refractivity contribution in [3.05, 3.63) is 29.8 Å². The summed E-state index contributed by atoms with van der Waals surface area (Å²) in [6.07, 6.45) is 0. The molecule has 1 rings (SSSR count). The van der Waals surface area contributed by atoms with E-state index in [-0.39, 0.29) is 40.9 Å². The zero-order valence-electron chi connectivity index (χ0n) is 6.07. The Kier molecular flexibility index (Phi) is 4.18. The van der Waals surface area contributed by atoms with Crippen molar-refractivity contribution >= 4 is 5.97 Å². The number of phenolic OH excluding ortho intramolecular Hbond substituents is 1. The third-order valence-electron chi connectivity index (χ3n) is 1.10. The fourth-order valence-electron chi connectivity index (χ4n) is 0.598. The van der Waals surface area contributed by atoms with Crippen LogP contribution in [0.25, 0.3) is 0 Å². The van der Waals surface area contributed by atoms with Crippen molar-refractivity contribution < 1.29 is 44.6 Å². The van der Waals surface area contributed by atoms with Crippen molar-refractivity contribution in [3.63, 3.8) is 0 Å². The molecular formula is C7H5NaO3. The fraction of sp³-hybridized carbons (Fsp3) is 0. The van der Waals surface area contributed by atoms with Crippen LogP contribution in [0.1, 0.15) is 10.4 Å².